The number of aliphatic hydroxyl groups is 1. The van der Waals surface area contributed by atoms with Crippen LogP contribution in [-0.2, 0) is 16.6 Å². The second kappa shape index (κ2) is 6.70. The standard InChI is InChI=1S/C15H24N2O4S/c18-12-13-5-1-2-8-16(13)11-14-6-7-15(21-14)22(19,20)17-9-3-4-10-17/h6-7,13,18H,1-5,8-12H2. The lowest BCUT2D eigenvalue weighted by Crippen LogP contribution is -2.41. The molecule has 3 rings (SSSR count). The second-order valence-electron chi connectivity index (χ2n) is 6.13. The topological polar surface area (TPSA) is 74.0 Å². The van der Waals surface area contributed by atoms with Gasteiger partial charge in [0.2, 0.25) is 5.09 Å². The number of piperidine rings is 1. The van der Waals surface area contributed by atoms with Gasteiger partial charge in [0.1, 0.15) is 5.76 Å². The van der Waals surface area contributed by atoms with E-state index in [9.17, 15) is 13.5 Å². The van der Waals surface area contributed by atoms with Crippen molar-refractivity contribution < 1.29 is 17.9 Å². The predicted octanol–water partition coefficient (Wildman–Crippen LogP) is 1.41. The highest BCUT2D eigenvalue weighted by Gasteiger charge is 2.30. The highest BCUT2D eigenvalue weighted by molar-refractivity contribution is 7.89. The number of nitrogens with zero attached hydrogens (tertiary/aromatic N) is 2. The molecule has 1 aromatic heterocycles. The zero-order valence-electron chi connectivity index (χ0n) is 12.8. The van der Waals surface area contributed by atoms with Crippen LogP contribution in [0.2, 0.25) is 0 Å². The van der Waals surface area contributed by atoms with E-state index in [4.69, 9.17) is 4.42 Å². The number of furan rings is 1. The molecule has 7 heteroatoms. The van der Waals surface area contributed by atoms with Crippen LogP contribution in [0.4, 0.5) is 0 Å². The van der Waals surface area contributed by atoms with Gasteiger partial charge in [-0.1, -0.05) is 6.42 Å². The minimum Gasteiger partial charge on any atom is -0.447 e. The summed E-state index contributed by atoms with van der Waals surface area (Å²) in [5.41, 5.74) is 0. The smallest absolute Gasteiger partial charge is 0.276 e. The average Bonchev–Trinajstić information content (AvgIpc) is 3.20. The van der Waals surface area contributed by atoms with Crippen molar-refractivity contribution in [3.8, 4) is 0 Å². The van der Waals surface area contributed by atoms with E-state index in [0.717, 1.165) is 38.6 Å². The van der Waals surface area contributed by atoms with E-state index in [-0.39, 0.29) is 17.7 Å². The van der Waals surface area contributed by atoms with Crippen molar-refractivity contribution >= 4 is 10.0 Å². The van der Waals surface area contributed by atoms with Crippen molar-refractivity contribution in [2.75, 3.05) is 26.2 Å². The molecule has 2 aliphatic heterocycles. The van der Waals surface area contributed by atoms with Crippen molar-refractivity contribution in [1.82, 2.24) is 9.21 Å². The molecule has 0 bridgehead atoms. The van der Waals surface area contributed by atoms with Crippen LogP contribution < -0.4 is 0 Å². The van der Waals surface area contributed by atoms with E-state index in [1.165, 1.54) is 4.31 Å². The Hall–Kier alpha value is -0.890. The number of aliphatic hydroxyl groups excluding tert-OH is 1. The van der Waals surface area contributed by atoms with Crippen molar-refractivity contribution in [3.63, 3.8) is 0 Å². The lowest BCUT2D eigenvalue weighted by atomic mass is 10.0. The SMILES string of the molecule is O=S(=O)(c1ccc(CN2CCCCC2CO)o1)N1CCCC1. The fourth-order valence-corrected chi connectivity index (χ4v) is 4.76. The second-order valence-corrected chi connectivity index (χ2v) is 8.00. The molecule has 0 aromatic carbocycles. The zero-order valence-corrected chi connectivity index (χ0v) is 13.6. The first-order chi connectivity index (χ1) is 10.6. The summed E-state index contributed by atoms with van der Waals surface area (Å²) in [5, 5.41) is 9.49. The molecule has 0 radical (unpaired) electrons. The van der Waals surface area contributed by atoms with Crippen LogP contribution in [0.25, 0.3) is 0 Å². The molecule has 6 nitrogen and oxygen atoms in total. The van der Waals surface area contributed by atoms with Gasteiger partial charge in [-0.05, 0) is 44.4 Å². The molecule has 0 spiro atoms. The molecular weight excluding hydrogens is 304 g/mol. The molecule has 22 heavy (non-hydrogen) atoms. The van der Waals surface area contributed by atoms with Crippen LogP contribution in [0.3, 0.4) is 0 Å². The summed E-state index contributed by atoms with van der Waals surface area (Å²) in [4.78, 5) is 2.18. The Morgan fingerprint density at radius 3 is 2.59 bits per heavy atom. The first-order valence-electron chi connectivity index (χ1n) is 8.05. The summed E-state index contributed by atoms with van der Waals surface area (Å²) in [6, 6.07) is 3.45. The Morgan fingerprint density at radius 1 is 1.14 bits per heavy atom. The summed E-state index contributed by atoms with van der Waals surface area (Å²) >= 11 is 0. The number of sulfonamides is 1. The maximum Gasteiger partial charge on any atom is 0.276 e. The van der Waals surface area contributed by atoms with Crippen molar-refractivity contribution in [3.05, 3.63) is 17.9 Å². The minimum absolute atomic E-state index is 0.0435. The molecular formula is C15H24N2O4S. The molecule has 1 N–H and O–H groups in total. The molecule has 1 unspecified atom stereocenters. The van der Waals surface area contributed by atoms with Gasteiger partial charge in [0.05, 0.1) is 13.2 Å². The molecule has 2 fully saturated rings. The Morgan fingerprint density at radius 2 is 1.86 bits per heavy atom. The van der Waals surface area contributed by atoms with Gasteiger partial charge in [-0.2, -0.15) is 4.31 Å². The first-order valence-corrected chi connectivity index (χ1v) is 9.49. The van der Waals surface area contributed by atoms with Gasteiger partial charge >= 0.3 is 0 Å². The third-order valence-corrected chi connectivity index (χ3v) is 6.39. The fourth-order valence-electron chi connectivity index (χ4n) is 3.31. The third kappa shape index (κ3) is 3.22. The minimum atomic E-state index is -3.48. The quantitative estimate of drug-likeness (QED) is 0.885. The lowest BCUT2D eigenvalue weighted by molar-refractivity contribution is 0.0771. The number of hydrogen-bond donors (Lipinski definition) is 1. The first kappa shape index (κ1) is 16.0. The normalized spacial score (nSPS) is 24.9. The zero-order chi connectivity index (χ0) is 15.6. The Balaban J connectivity index is 1.70. The molecule has 124 valence electrons. The molecule has 1 atom stereocenters. The number of hydrogen-bond acceptors (Lipinski definition) is 5. The molecule has 3 heterocycles. The van der Waals surface area contributed by atoms with Crippen LogP contribution >= 0.6 is 0 Å². The third-order valence-electron chi connectivity index (χ3n) is 4.61. The molecule has 0 saturated carbocycles. The summed E-state index contributed by atoms with van der Waals surface area (Å²) < 4.78 is 32.0. The molecule has 0 aliphatic carbocycles. The molecule has 1 aromatic rings. The van der Waals surface area contributed by atoms with E-state index >= 15 is 0 Å². The van der Waals surface area contributed by atoms with Crippen LogP contribution in [-0.4, -0.2) is 55.0 Å². The molecule has 0 amide bonds. The summed E-state index contributed by atoms with van der Waals surface area (Å²) in [5.74, 6) is 0.651. The number of likely N-dealkylation sites (tertiary alicyclic amines) is 1. The van der Waals surface area contributed by atoms with Crippen LogP contribution in [0.1, 0.15) is 37.9 Å². The van der Waals surface area contributed by atoms with Crippen molar-refractivity contribution in [2.45, 2.75) is 49.8 Å². The largest absolute Gasteiger partial charge is 0.447 e. The highest BCUT2D eigenvalue weighted by Crippen LogP contribution is 2.25. The lowest BCUT2D eigenvalue weighted by Gasteiger charge is -2.33. The maximum atomic E-state index is 12.4. The van der Waals surface area contributed by atoms with Crippen LogP contribution in [0.15, 0.2) is 21.6 Å². The van der Waals surface area contributed by atoms with Gasteiger partial charge in [-0.3, -0.25) is 4.90 Å². The maximum absolute atomic E-state index is 12.4. The predicted molar refractivity (Wildman–Crippen MR) is 81.8 cm³/mol. The Labute approximate surface area is 131 Å². The van der Waals surface area contributed by atoms with Gasteiger partial charge in [0, 0.05) is 19.1 Å². The van der Waals surface area contributed by atoms with E-state index in [1.54, 1.807) is 12.1 Å². The average molecular weight is 328 g/mol. The Bertz CT molecular complexity index is 592. The number of rotatable bonds is 5. The Kier molecular flexibility index (Phi) is 4.87. The van der Waals surface area contributed by atoms with Gasteiger partial charge in [0.15, 0.2) is 0 Å². The van der Waals surface area contributed by atoms with Crippen molar-refractivity contribution in [1.29, 1.82) is 0 Å². The van der Waals surface area contributed by atoms with E-state index in [1.807, 2.05) is 0 Å². The molecule has 2 aliphatic rings. The van der Waals surface area contributed by atoms with E-state index < -0.39 is 10.0 Å². The van der Waals surface area contributed by atoms with Gasteiger partial charge in [0.25, 0.3) is 10.0 Å². The fraction of sp³-hybridized carbons (Fsp3) is 0.733. The van der Waals surface area contributed by atoms with E-state index in [0.29, 0.717) is 25.4 Å². The van der Waals surface area contributed by atoms with Crippen molar-refractivity contribution in [2.24, 2.45) is 0 Å². The van der Waals surface area contributed by atoms with E-state index in [2.05, 4.69) is 4.90 Å². The summed E-state index contributed by atoms with van der Waals surface area (Å²) in [6.45, 7) is 2.77. The van der Waals surface area contributed by atoms with Gasteiger partial charge in [-0.25, -0.2) is 8.42 Å². The van der Waals surface area contributed by atoms with Gasteiger partial charge in [-0.15, -0.1) is 0 Å². The molecule has 2 saturated heterocycles. The van der Waals surface area contributed by atoms with Gasteiger partial charge < -0.3 is 9.52 Å². The summed E-state index contributed by atoms with van der Waals surface area (Å²) in [6.07, 6.45) is 5.05. The highest BCUT2D eigenvalue weighted by atomic mass is 32.2. The van der Waals surface area contributed by atoms with Crippen LogP contribution in [0.5, 0.6) is 0 Å². The summed E-state index contributed by atoms with van der Waals surface area (Å²) in [7, 11) is -3.48. The monoisotopic (exact) mass is 328 g/mol. The van der Waals surface area contributed by atoms with Crippen LogP contribution in [0, 0.1) is 0 Å².